The topological polar surface area (TPSA) is 39.7 Å². The summed E-state index contributed by atoms with van der Waals surface area (Å²) in [6.45, 7) is 10.1. The minimum Gasteiger partial charge on any atom is -0.356 e. The minimum absolute atomic E-state index is 0.484. The van der Waals surface area contributed by atoms with E-state index in [1.807, 2.05) is 7.05 Å². The van der Waals surface area contributed by atoms with Crippen LogP contribution in [0.2, 0.25) is 0 Å². The van der Waals surface area contributed by atoms with Gasteiger partial charge in [0.2, 0.25) is 0 Å². The fourth-order valence-electron chi connectivity index (χ4n) is 3.75. The third-order valence-corrected chi connectivity index (χ3v) is 5.39. The van der Waals surface area contributed by atoms with Crippen molar-refractivity contribution in [1.82, 2.24) is 15.5 Å². The second-order valence-electron chi connectivity index (χ2n) is 7.33. The molecule has 1 aliphatic carbocycles. The van der Waals surface area contributed by atoms with E-state index in [0.29, 0.717) is 23.9 Å². The van der Waals surface area contributed by atoms with Gasteiger partial charge in [-0.1, -0.05) is 31.2 Å². The molecule has 23 heavy (non-hydrogen) atoms. The van der Waals surface area contributed by atoms with E-state index in [4.69, 9.17) is 0 Å². The average molecular weight is 314 g/mol. The Balaban J connectivity index is 1.50. The van der Waals surface area contributed by atoms with E-state index in [-0.39, 0.29) is 0 Å². The highest BCUT2D eigenvalue weighted by Crippen LogP contribution is 2.33. The van der Waals surface area contributed by atoms with Crippen molar-refractivity contribution in [1.29, 1.82) is 0 Å². The van der Waals surface area contributed by atoms with E-state index in [1.165, 1.54) is 24.1 Å². The summed E-state index contributed by atoms with van der Waals surface area (Å²) in [5.74, 6) is 2.22. The molecular weight excluding hydrogens is 284 g/mol. The van der Waals surface area contributed by atoms with Crippen LogP contribution in [0.3, 0.4) is 0 Å². The van der Waals surface area contributed by atoms with Gasteiger partial charge in [0.05, 0.1) is 0 Å². The summed E-state index contributed by atoms with van der Waals surface area (Å²) in [7, 11) is 1.86. The number of rotatable bonds is 4. The molecule has 0 spiro atoms. The van der Waals surface area contributed by atoms with E-state index in [2.05, 4.69) is 65.6 Å². The van der Waals surface area contributed by atoms with Crippen molar-refractivity contribution in [2.75, 3.05) is 26.7 Å². The Morgan fingerprint density at radius 1 is 1.30 bits per heavy atom. The molecule has 0 amide bonds. The van der Waals surface area contributed by atoms with Crippen LogP contribution in [0.1, 0.15) is 37.8 Å². The number of fused-ring (bicyclic) bond motifs is 1. The normalized spacial score (nSPS) is 27.7. The number of benzene rings is 1. The Morgan fingerprint density at radius 2 is 2.09 bits per heavy atom. The molecule has 1 aromatic rings. The maximum absolute atomic E-state index is 4.42. The van der Waals surface area contributed by atoms with Gasteiger partial charge in [0.1, 0.15) is 0 Å². The van der Waals surface area contributed by atoms with E-state index >= 15 is 0 Å². The number of hydrogen-bond acceptors (Lipinski definition) is 2. The first-order chi connectivity index (χ1) is 11.1. The maximum Gasteiger partial charge on any atom is 0.191 e. The summed E-state index contributed by atoms with van der Waals surface area (Å²) in [5.41, 5.74) is 3.00. The molecule has 4 heteroatoms. The monoisotopic (exact) mass is 314 g/mol. The molecule has 1 heterocycles. The highest BCUT2D eigenvalue weighted by molar-refractivity contribution is 5.80. The Kier molecular flexibility index (Phi) is 4.90. The standard InChI is InChI=1S/C19H30N4/c1-13(2)23-11-14(3)18(12-23)22-19(20-4)21-10-16-9-15-7-5-6-8-17(15)16/h5-8,13-14,16,18H,9-12H2,1-4H3,(H2,20,21,22). The molecule has 0 bridgehead atoms. The van der Waals surface area contributed by atoms with Gasteiger partial charge < -0.3 is 10.6 Å². The van der Waals surface area contributed by atoms with E-state index < -0.39 is 0 Å². The van der Waals surface area contributed by atoms with Crippen molar-refractivity contribution < 1.29 is 0 Å². The van der Waals surface area contributed by atoms with Gasteiger partial charge in [-0.3, -0.25) is 9.89 Å². The number of nitrogens with zero attached hydrogens (tertiary/aromatic N) is 2. The molecular formula is C19H30N4. The van der Waals surface area contributed by atoms with Crippen LogP contribution in [0.15, 0.2) is 29.3 Å². The van der Waals surface area contributed by atoms with Crippen LogP contribution in [0.4, 0.5) is 0 Å². The SMILES string of the molecule is CN=C(NCC1Cc2ccccc21)NC1CN(C(C)C)CC1C. The molecule has 126 valence electrons. The molecule has 0 radical (unpaired) electrons. The Bertz CT molecular complexity index is 566. The van der Waals surface area contributed by atoms with Crippen molar-refractivity contribution in [3.8, 4) is 0 Å². The molecule has 3 rings (SSSR count). The van der Waals surface area contributed by atoms with Crippen molar-refractivity contribution in [2.24, 2.45) is 10.9 Å². The van der Waals surface area contributed by atoms with Crippen LogP contribution >= 0.6 is 0 Å². The van der Waals surface area contributed by atoms with Crippen LogP contribution in [-0.4, -0.2) is 49.6 Å². The molecule has 2 N–H and O–H groups in total. The maximum atomic E-state index is 4.42. The second kappa shape index (κ2) is 6.91. The first-order valence-electron chi connectivity index (χ1n) is 8.87. The van der Waals surface area contributed by atoms with Crippen molar-refractivity contribution >= 4 is 5.96 Å². The summed E-state index contributed by atoms with van der Waals surface area (Å²) in [6, 6.07) is 9.85. The predicted octanol–water partition coefficient (Wildman–Crippen LogP) is 2.22. The van der Waals surface area contributed by atoms with Crippen LogP contribution in [0.25, 0.3) is 0 Å². The lowest BCUT2D eigenvalue weighted by Crippen LogP contribution is -2.48. The van der Waals surface area contributed by atoms with Crippen molar-refractivity contribution in [3.63, 3.8) is 0 Å². The highest BCUT2D eigenvalue weighted by atomic mass is 15.3. The Hall–Kier alpha value is -1.55. The fourth-order valence-corrected chi connectivity index (χ4v) is 3.75. The molecule has 1 saturated heterocycles. The molecule has 0 aromatic heterocycles. The van der Waals surface area contributed by atoms with E-state index in [0.717, 1.165) is 19.0 Å². The van der Waals surface area contributed by atoms with Gasteiger partial charge in [-0.05, 0) is 37.3 Å². The zero-order chi connectivity index (χ0) is 16.4. The molecule has 1 aliphatic heterocycles. The number of nitrogens with one attached hydrogen (secondary N) is 2. The van der Waals surface area contributed by atoms with Crippen molar-refractivity contribution in [2.45, 2.75) is 45.2 Å². The van der Waals surface area contributed by atoms with Gasteiger partial charge >= 0.3 is 0 Å². The zero-order valence-electron chi connectivity index (χ0n) is 14.8. The number of aliphatic imine (C=N–C) groups is 1. The van der Waals surface area contributed by atoms with E-state index in [1.54, 1.807) is 0 Å². The molecule has 1 aromatic carbocycles. The summed E-state index contributed by atoms with van der Waals surface area (Å²) in [6.07, 6.45) is 1.18. The van der Waals surface area contributed by atoms with Crippen LogP contribution in [-0.2, 0) is 6.42 Å². The van der Waals surface area contributed by atoms with Crippen LogP contribution in [0, 0.1) is 5.92 Å². The lowest BCUT2D eigenvalue weighted by molar-refractivity contribution is 0.265. The van der Waals surface area contributed by atoms with Gasteiger partial charge in [-0.15, -0.1) is 0 Å². The minimum atomic E-state index is 0.484. The third kappa shape index (κ3) is 3.52. The van der Waals surface area contributed by atoms with Gasteiger partial charge in [0, 0.05) is 44.7 Å². The predicted molar refractivity (Wildman–Crippen MR) is 97.0 cm³/mol. The lowest BCUT2D eigenvalue weighted by Gasteiger charge is -2.31. The van der Waals surface area contributed by atoms with Crippen LogP contribution in [0.5, 0.6) is 0 Å². The van der Waals surface area contributed by atoms with Crippen LogP contribution < -0.4 is 10.6 Å². The summed E-state index contributed by atoms with van der Waals surface area (Å²) >= 11 is 0. The highest BCUT2D eigenvalue weighted by Gasteiger charge is 2.31. The smallest absolute Gasteiger partial charge is 0.191 e. The van der Waals surface area contributed by atoms with Gasteiger partial charge in [-0.25, -0.2) is 0 Å². The van der Waals surface area contributed by atoms with Gasteiger partial charge in [0.15, 0.2) is 5.96 Å². The van der Waals surface area contributed by atoms with E-state index in [9.17, 15) is 0 Å². The average Bonchev–Trinajstić information content (AvgIpc) is 2.88. The van der Waals surface area contributed by atoms with Gasteiger partial charge in [0.25, 0.3) is 0 Å². The van der Waals surface area contributed by atoms with Gasteiger partial charge in [-0.2, -0.15) is 0 Å². The lowest BCUT2D eigenvalue weighted by atomic mass is 9.78. The second-order valence-corrected chi connectivity index (χ2v) is 7.33. The molecule has 0 saturated carbocycles. The summed E-state index contributed by atoms with van der Waals surface area (Å²) in [4.78, 5) is 6.96. The molecule has 4 nitrogen and oxygen atoms in total. The quantitative estimate of drug-likeness (QED) is 0.661. The largest absolute Gasteiger partial charge is 0.356 e. The fraction of sp³-hybridized carbons (Fsp3) is 0.632. The Morgan fingerprint density at radius 3 is 2.74 bits per heavy atom. The Labute approximate surface area is 140 Å². The first kappa shape index (κ1) is 16.3. The number of likely N-dealkylation sites (tertiary alicyclic amines) is 1. The molecule has 3 unspecified atom stereocenters. The molecule has 2 aliphatic rings. The summed E-state index contributed by atoms with van der Waals surface area (Å²) in [5, 5.41) is 7.15. The van der Waals surface area contributed by atoms with Crippen molar-refractivity contribution in [3.05, 3.63) is 35.4 Å². The molecule has 1 fully saturated rings. The first-order valence-corrected chi connectivity index (χ1v) is 8.87. The number of guanidine groups is 1. The third-order valence-electron chi connectivity index (χ3n) is 5.39. The zero-order valence-corrected chi connectivity index (χ0v) is 14.8. The summed E-state index contributed by atoms with van der Waals surface area (Å²) < 4.78 is 0. The number of hydrogen-bond donors (Lipinski definition) is 2. The molecule has 3 atom stereocenters.